The molecule has 1 aliphatic heterocycles. The maximum absolute atomic E-state index is 12.5. The van der Waals surface area contributed by atoms with E-state index in [0.717, 1.165) is 25.7 Å². The average Bonchev–Trinajstić information content (AvgIpc) is 2.30. The van der Waals surface area contributed by atoms with E-state index in [1.54, 1.807) is 4.90 Å². The van der Waals surface area contributed by atoms with Crippen molar-refractivity contribution in [1.82, 2.24) is 4.90 Å². The van der Waals surface area contributed by atoms with Crippen molar-refractivity contribution in [3.05, 3.63) is 0 Å². The molecule has 2 aliphatic rings. The van der Waals surface area contributed by atoms with Gasteiger partial charge in [-0.2, -0.15) is 0 Å². The fourth-order valence-electron chi connectivity index (χ4n) is 3.74. The van der Waals surface area contributed by atoms with E-state index in [1.165, 1.54) is 12.8 Å². The Hall–Kier alpha value is -1.06. The molecule has 4 nitrogen and oxygen atoms in total. The van der Waals surface area contributed by atoms with Gasteiger partial charge in [-0.15, -0.1) is 0 Å². The number of Topliss-reactive ketones (excluding diaryl/α,β-unsaturated/α-hetero) is 1. The monoisotopic (exact) mass is 295 g/mol. The van der Waals surface area contributed by atoms with Crippen molar-refractivity contribution in [2.75, 3.05) is 13.1 Å². The van der Waals surface area contributed by atoms with Crippen molar-refractivity contribution >= 4 is 11.9 Å². The molecule has 21 heavy (non-hydrogen) atoms. The third-order valence-electron chi connectivity index (χ3n) is 4.77. The summed E-state index contributed by atoms with van der Waals surface area (Å²) in [6.45, 7) is 8.62. The third kappa shape index (κ3) is 3.98. The molecule has 0 spiro atoms. The molecule has 0 aromatic carbocycles. The lowest BCUT2D eigenvalue weighted by Crippen LogP contribution is -2.55. The number of carbonyl (C=O) groups is 2. The molecule has 2 fully saturated rings. The molecule has 120 valence electrons. The van der Waals surface area contributed by atoms with Crippen LogP contribution in [0.4, 0.5) is 4.79 Å². The van der Waals surface area contributed by atoms with E-state index >= 15 is 0 Å². The first kappa shape index (κ1) is 16.3. The molecular weight excluding hydrogens is 266 g/mol. The van der Waals surface area contributed by atoms with Gasteiger partial charge in [-0.1, -0.05) is 32.6 Å². The van der Waals surface area contributed by atoms with Crippen LogP contribution in [-0.2, 0) is 9.53 Å². The van der Waals surface area contributed by atoms with Crippen LogP contribution in [-0.4, -0.2) is 35.5 Å². The minimum Gasteiger partial charge on any atom is -0.444 e. The van der Waals surface area contributed by atoms with E-state index in [0.29, 0.717) is 6.54 Å². The summed E-state index contributed by atoms with van der Waals surface area (Å²) >= 11 is 0. The number of fused-ring (bicyclic) bond motifs is 1. The number of piperidine rings is 1. The summed E-state index contributed by atoms with van der Waals surface area (Å²) in [4.78, 5) is 26.4. The largest absolute Gasteiger partial charge is 0.444 e. The van der Waals surface area contributed by atoms with E-state index in [2.05, 4.69) is 6.92 Å². The van der Waals surface area contributed by atoms with Crippen molar-refractivity contribution < 1.29 is 14.3 Å². The van der Waals surface area contributed by atoms with Gasteiger partial charge in [0.2, 0.25) is 0 Å². The van der Waals surface area contributed by atoms with E-state index in [9.17, 15) is 9.59 Å². The lowest BCUT2D eigenvalue weighted by atomic mass is 9.66. The van der Waals surface area contributed by atoms with Gasteiger partial charge in [-0.05, 0) is 39.0 Å². The van der Waals surface area contributed by atoms with Gasteiger partial charge < -0.3 is 9.64 Å². The minimum absolute atomic E-state index is 0.0767. The first-order chi connectivity index (χ1) is 9.71. The zero-order valence-electron chi connectivity index (χ0n) is 13.9. The summed E-state index contributed by atoms with van der Waals surface area (Å²) in [6.07, 6.45) is 6.43. The molecule has 0 aromatic rings. The second-order valence-corrected chi connectivity index (χ2v) is 7.96. The standard InChI is InChI=1S/C17H29NO3/c1-16(2,3)21-15(20)18-11-14(19)13-9-7-5-6-8-10-17(13,4)12-18/h13H,5-12H2,1-4H3/t13?,17-/m1/s1. The number of ketones is 1. The number of amides is 1. The summed E-state index contributed by atoms with van der Waals surface area (Å²) < 4.78 is 5.44. The molecule has 2 rings (SSSR count). The fourth-order valence-corrected chi connectivity index (χ4v) is 3.74. The van der Waals surface area contributed by atoms with Gasteiger partial charge in [0.05, 0.1) is 6.54 Å². The minimum atomic E-state index is -0.515. The average molecular weight is 295 g/mol. The number of rotatable bonds is 0. The summed E-state index contributed by atoms with van der Waals surface area (Å²) in [5.41, 5.74) is -0.592. The maximum Gasteiger partial charge on any atom is 0.410 e. The van der Waals surface area contributed by atoms with E-state index in [4.69, 9.17) is 4.74 Å². The molecule has 4 heteroatoms. The Bertz CT molecular complexity index is 413. The van der Waals surface area contributed by atoms with Gasteiger partial charge in [-0.3, -0.25) is 4.79 Å². The molecule has 0 aromatic heterocycles. The second kappa shape index (κ2) is 5.98. The van der Waals surface area contributed by atoms with Crippen molar-refractivity contribution in [2.24, 2.45) is 11.3 Å². The number of likely N-dealkylation sites (tertiary alicyclic amines) is 1. The Morgan fingerprint density at radius 3 is 2.57 bits per heavy atom. The molecule has 1 saturated heterocycles. The van der Waals surface area contributed by atoms with Crippen LogP contribution in [0, 0.1) is 11.3 Å². The van der Waals surface area contributed by atoms with Crippen molar-refractivity contribution in [3.8, 4) is 0 Å². The predicted molar refractivity (Wildman–Crippen MR) is 82.1 cm³/mol. The Kier molecular flexibility index (Phi) is 4.64. The van der Waals surface area contributed by atoms with Gasteiger partial charge >= 0.3 is 6.09 Å². The number of hydrogen-bond donors (Lipinski definition) is 0. The van der Waals surface area contributed by atoms with E-state index in [-0.39, 0.29) is 29.8 Å². The number of nitrogens with zero attached hydrogens (tertiary/aromatic N) is 1. The second-order valence-electron chi connectivity index (χ2n) is 7.96. The first-order valence-electron chi connectivity index (χ1n) is 8.22. The Balaban J connectivity index is 2.12. The zero-order chi connectivity index (χ0) is 15.7. The lowest BCUT2D eigenvalue weighted by Gasteiger charge is -2.46. The van der Waals surface area contributed by atoms with Crippen molar-refractivity contribution in [1.29, 1.82) is 0 Å². The van der Waals surface area contributed by atoms with E-state index < -0.39 is 5.60 Å². The molecule has 0 bridgehead atoms. The molecular formula is C17H29NO3. The fraction of sp³-hybridized carbons (Fsp3) is 0.882. The Morgan fingerprint density at radius 2 is 1.90 bits per heavy atom. The van der Waals surface area contributed by atoms with Crippen LogP contribution in [0.2, 0.25) is 0 Å². The highest BCUT2D eigenvalue weighted by Crippen LogP contribution is 2.42. The topological polar surface area (TPSA) is 46.6 Å². The summed E-state index contributed by atoms with van der Waals surface area (Å²) in [5.74, 6) is 0.341. The Labute approximate surface area is 128 Å². The molecule has 1 unspecified atom stereocenters. The molecule has 1 aliphatic carbocycles. The molecule has 2 atom stereocenters. The van der Waals surface area contributed by atoms with Gasteiger partial charge in [0, 0.05) is 12.5 Å². The van der Waals surface area contributed by atoms with Crippen LogP contribution in [0.25, 0.3) is 0 Å². The van der Waals surface area contributed by atoms with Crippen molar-refractivity contribution in [2.45, 2.75) is 71.8 Å². The molecule has 0 N–H and O–H groups in total. The van der Waals surface area contributed by atoms with Crippen LogP contribution >= 0.6 is 0 Å². The van der Waals surface area contributed by atoms with Gasteiger partial charge in [-0.25, -0.2) is 4.79 Å². The summed E-state index contributed by atoms with van der Waals surface area (Å²) in [5, 5.41) is 0. The Morgan fingerprint density at radius 1 is 1.24 bits per heavy atom. The SMILES string of the molecule is CC(C)(C)OC(=O)N1CC(=O)C2CCCCCC[C@]2(C)C1. The highest BCUT2D eigenvalue weighted by Gasteiger charge is 2.46. The summed E-state index contributed by atoms with van der Waals surface area (Å²) in [6, 6.07) is 0. The number of hydrogen-bond acceptors (Lipinski definition) is 3. The highest BCUT2D eigenvalue weighted by molar-refractivity contribution is 5.88. The quantitative estimate of drug-likeness (QED) is 0.683. The highest BCUT2D eigenvalue weighted by atomic mass is 16.6. The normalized spacial score (nSPS) is 31.1. The van der Waals surface area contributed by atoms with Crippen LogP contribution in [0.3, 0.4) is 0 Å². The number of ether oxygens (including phenoxy) is 1. The first-order valence-corrected chi connectivity index (χ1v) is 8.22. The van der Waals surface area contributed by atoms with Crippen LogP contribution in [0.1, 0.15) is 66.2 Å². The van der Waals surface area contributed by atoms with Crippen LogP contribution < -0.4 is 0 Å². The third-order valence-corrected chi connectivity index (χ3v) is 4.77. The maximum atomic E-state index is 12.5. The number of carbonyl (C=O) groups excluding carboxylic acids is 2. The van der Waals surface area contributed by atoms with Gasteiger partial charge in [0.25, 0.3) is 0 Å². The lowest BCUT2D eigenvalue weighted by molar-refractivity contribution is -0.135. The van der Waals surface area contributed by atoms with Crippen molar-refractivity contribution in [3.63, 3.8) is 0 Å². The summed E-state index contributed by atoms with van der Waals surface area (Å²) in [7, 11) is 0. The van der Waals surface area contributed by atoms with Gasteiger partial charge in [0.1, 0.15) is 5.60 Å². The molecule has 1 saturated carbocycles. The van der Waals surface area contributed by atoms with Crippen LogP contribution in [0.5, 0.6) is 0 Å². The van der Waals surface area contributed by atoms with Gasteiger partial charge in [0.15, 0.2) is 5.78 Å². The molecule has 1 heterocycles. The van der Waals surface area contributed by atoms with E-state index in [1.807, 2.05) is 20.8 Å². The predicted octanol–water partition coefficient (Wildman–Crippen LogP) is 3.78. The zero-order valence-corrected chi connectivity index (χ0v) is 13.9. The smallest absolute Gasteiger partial charge is 0.410 e. The van der Waals surface area contributed by atoms with Crippen LogP contribution in [0.15, 0.2) is 0 Å². The molecule has 1 amide bonds. The molecule has 0 radical (unpaired) electrons.